The molecule has 0 aliphatic carbocycles. The normalized spacial score (nSPS) is 15.2. The fourth-order valence-electron chi connectivity index (χ4n) is 2.52. The van der Waals surface area contributed by atoms with Crippen LogP contribution in [0, 0.1) is 5.92 Å². The van der Waals surface area contributed by atoms with Crippen molar-refractivity contribution in [1.29, 1.82) is 0 Å². The van der Waals surface area contributed by atoms with Crippen LogP contribution in [0.25, 0.3) is 0 Å². The van der Waals surface area contributed by atoms with E-state index in [0.717, 1.165) is 38.5 Å². The van der Waals surface area contributed by atoms with Gasteiger partial charge in [-0.1, -0.05) is 81.6 Å². The van der Waals surface area contributed by atoms with Gasteiger partial charge in [-0.3, -0.25) is 0 Å². The minimum Gasteiger partial charge on any atom is -0.372 e. The first-order chi connectivity index (χ1) is 14.8. The Morgan fingerprint density at radius 1 is 1.00 bits per heavy atom. The number of aromatic nitrogens is 1. The molecule has 1 fully saturated rings. The second-order valence-corrected chi connectivity index (χ2v) is 9.43. The topological polar surface area (TPSA) is 28.6 Å². The van der Waals surface area contributed by atoms with Crippen LogP contribution in [0.15, 0.2) is 0 Å². The predicted octanol–water partition coefficient (Wildman–Crippen LogP) is 7.66. The molecule has 0 amide bonds. The minimum atomic E-state index is 0.329. The van der Waals surface area contributed by atoms with Crippen molar-refractivity contribution in [3.8, 4) is 0 Å². The standard InChI is InChI=1S/C13H21N3OS.C5H12.C4H10.2C2H6/c1-9(2)17-10-6-16(7-10)13-14-11-8-15(3)5-4-12(11)18-13;1-4-5(2)3;1-3-4-2;2*1-2/h9-10H,4-8H2,1-3H3;5H,4H2,1-3H3;3-4H2,1-2H3;2*1-2H3. The average Bonchev–Trinajstić information content (AvgIpc) is 3.16. The van der Waals surface area contributed by atoms with Gasteiger partial charge in [-0.2, -0.15) is 0 Å². The summed E-state index contributed by atoms with van der Waals surface area (Å²) in [5, 5.41) is 1.19. The minimum absolute atomic E-state index is 0.329. The van der Waals surface area contributed by atoms with E-state index in [4.69, 9.17) is 9.72 Å². The summed E-state index contributed by atoms with van der Waals surface area (Å²) in [6.45, 7) is 27.4. The molecule has 1 aromatic heterocycles. The number of likely N-dealkylation sites (N-methyl/N-ethyl adjacent to an activating group) is 1. The van der Waals surface area contributed by atoms with Gasteiger partial charge in [-0.25, -0.2) is 4.98 Å². The second kappa shape index (κ2) is 20.0. The van der Waals surface area contributed by atoms with Crippen molar-refractivity contribution in [2.45, 2.75) is 121 Å². The first-order valence-corrected chi connectivity index (χ1v) is 13.7. The second-order valence-electron chi connectivity index (χ2n) is 8.37. The van der Waals surface area contributed by atoms with Crippen LogP contribution < -0.4 is 4.90 Å². The van der Waals surface area contributed by atoms with Gasteiger partial charge in [0.05, 0.1) is 17.9 Å². The number of hydrogen-bond donors (Lipinski definition) is 0. The lowest BCUT2D eigenvalue weighted by molar-refractivity contribution is -0.00721. The number of hydrogen-bond acceptors (Lipinski definition) is 5. The molecule has 0 atom stereocenters. The van der Waals surface area contributed by atoms with Crippen LogP contribution in [-0.2, 0) is 17.7 Å². The summed E-state index contributed by atoms with van der Waals surface area (Å²) in [4.78, 5) is 10.9. The van der Waals surface area contributed by atoms with E-state index in [1.807, 2.05) is 39.0 Å². The monoisotopic (exact) mass is 457 g/mol. The Hall–Kier alpha value is -0.650. The quantitative estimate of drug-likeness (QED) is 0.454. The molecule has 186 valence electrons. The van der Waals surface area contributed by atoms with Crippen molar-refractivity contribution >= 4 is 16.5 Å². The number of rotatable bonds is 5. The third kappa shape index (κ3) is 14.2. The zero-order chi connectivity index (χ0) is 24.4. The predicted molar refractivity (Wildman–Crippen MR) is 143 cm³/mol. The van der Waals surface area contributed by atoms with Crippen molar-refractivity contribution in [2.75, 3.05) is 31.6 Å². The molecule has 1 aromatic rings. The number of nitrogens with zero attached hydrogens (tertiary/aromatic N) is 3. The molecule has 3 rings (SSSR count). The van der Waals surface area contributed by atoms with Gasteiger partial charge in [-0.15, -0.1) is 11.3 Å². The van der Waals surface area contributed by atoms with Gasteiger partial charge in [0.25, 0.3) is 0 Å². The first-order valence-electron chi connectivity index (χ1n) is 12.9. The summed E-state index contributed by atoms with van der Waals surface area (Å²) in [6.07, 6.45) is 5.83. The highest BCUT2D eigenvalue weighted by Crippen LogP contribution is 2.33. The number of unbranched alkanes of at least 4 members (excludes halogenated alkanes) is 1. The molecule has 5 heteroatoms. The summed E-state index contributed by atoms with van der Waals surface area (Å²) in [6, 6.07) is 0. The molecule has 0 bridgehead atoms. The lowest BCUT2D eigenvalue weighted by Crippen LogP contribution is -2.53. The number of ether oxygens (including phenoxy) is 1. The van der Waals surface area contributed by atoms with Crippen molar-refractivity contribution in [3.63, 3.8) is 0 Å². The summed E-state index contributed by atoms with van der Waals surface area (Å²) in [7, 11) is 2.16. The number of fused-ring (bicyclic) bond motifs is 1. The SMILES string of the molecule is CC.CC.CC(C)OC1CN(c2nc3c(s2)CCN(C)C3)C1.CCC(C)C.CCCC. The molecular weight excluding hydrogens is 402 g/mol. The van der Waals surface area contributed by atoms with Crippen molar-refractivity contribution in [1.82, 2.24) is 9.88 Å². The molecule has 4 nitrogen and oxygen atoms in total. The zero-order valence-electron chi connectivity index (χ0n) is 23.0. The van der Waals surface area contributed by atoms with E-state index in [1.165, 1.54) is 35.0 Å². The Morgan fingerprint density at radius 3 is 1.94 bits per heavy atom. The summed E-state index contributed by atoms with van der Waals surface area (Å²) < 4.78 is 5.78. The van der Waals surface area contributed by atoms with Gasteiger partial charge in [0.2, 0.25) is 0 Å². The Labute approximate surface area is 199 Å². The summed E-state index contributed by atoms with van der Waals surface area (Å²) >= 11 is 1.87. The van der Waals surface area contributed by atoms with Crippen LogP contribution in [0.4, 0.5) is 5.13 Å². The number of thiazole rings is 1. The van der Waals surface area contributed by atoms with Crippen LogP contribution in [-0.4, -0.2) is 48.8 Å². The highest BCUT2D eigenvalue weighted by Gasteiger charge is 2.31. The zero-order valence-corrected chi connectivity index (χ0v) is 23.9. The Balaban J connectivity index is 0. The van der Waals surface area contributed by atoms with Gasteiger partial charge in [-0.05, 0) is 33.2 Å². The largest absolute Gasteiger partial charge is 0.372 e. The van der Waals surface area contributed by atoms with Gasteiger partial charge < -0.3 is 14.5 Å². The fourth-order valence-corrected chi connectivity index (χ4v) is 3.59. The average molecular weight is 458 g/mol. The van der Waals surface area contributed by atoms with Crippen LogP contribution in [0.5, 0.6) is 0 Å². The van der Waals surface area contributed by atoms with E-state index < -0.39 is 0 Å². The molecule has 1 saturated heterocycles. The number of anilines is 1. The van der Waals surface area contributed by atoms with E-state index in [1.54, 1.807) is 0 Å². The molecule has 31 heavy (non-hydrogen) atoms. The van der Waals surface area contributed by atoms with E-state index in [9.17, 15) is 0 Å². The van der Waals surface area contributed by atoms with Crippen LogP contribution in [0.3, 0.4) is 0 Å². The highest BCUT2D eigenvalue weighted by molar-refractivity contribution is 7.15. The van der Waals surface area contributed by atoms with Crippen LogP contribution in [0.2, 0.25) is 0 Å². The van der Waals surface area contributed by atoms with E-state index in [0.29, 0.717) is 12.2 Å². The molecule has 2 aliphatic rings. The van der Waals surface area contributed by atoms with Gasteiger partial charge in [0, 0.05) is 31.1 Å². The highest BCUT2D eigenvalue weighted by atomic mass is 32.1. The third-order valence-electron chi connectivity index (χ3n) is 4.81. The lowest BCUT2D eigenvalue weighted by Gasteiger charge is -2.39. The summed E-state index contributed by atoms with van der Waals surface area (Å²) in [5.74, 6) is 0.884. The van der Waals surface area contributed by atoms with E-state index >= 15 is 0 Å². The van der Waals surface area contributed by atoms with E-state index in [2.05, 4.69) is 65.3 Å². The molecule has 0 N–H and O–H groups in total. The smallest absolute Gasteiger partial charge is 0.186 e. The third-order valence-corrected chi connectivity index (χ3v) is 6.03. The molecule has 0 unspecified atom stereocenters. The fraction of sp³-hybridized carbons (Fsp3) is 0.885. The van der Waals surface area contributed by atoms with Crippen molar-refractivity contribution in [2.24, 2.45) is 5.92 Å². The van der Waals surface area contributed by atoms with E-state index in [-0.39, 0.29) is 0 Å². The Kier molecular flexibility index (Phi) is 21.0. The molecule has 0 radical (unpaired) electrons. The molecule has 0 spiro atoms. The molecular formula is C26H55N3OS. The van der Waals surface area contributed by atoms with Gasteiger partial charge in [0.1, 0.15) is 0 Å². The lowest BCUT2D eigenvalue weighted by atomic mass is 10.2. The van der Waals surface area contributed by atoms with Gasteiger partial charge >= 0.3 is 0 Å². The van der Waals surface area contributed by atoms with Gasteiger partial charge in [0.15, 0.2) is 5.13 Å². The van der Waals surface area contributed by atoms with Crippen LogP contribution >= 0.6 is 11.3 Å². The van der Waals surface area contributed by atoms with Crippen LogP contribution in [0.1, 0.15) is 106 Å². The maximum absolute atomic E-state index is 5.78. The molecule has 0 saturated carbocycles. The first kappa shape index (κ1) is 32.5. The Bertz CT molecular complexity index is 509. The summed E-state index contributed by atoms with van der Waals surface area (Å²) in [5.41, 5.74) is 1.29. The Morgan fingerprint density at radius 2 is 1.52 bits per heavy atom. The molecule has 3 heterocycles. The molecule has 0 aromatic carbocycles. The molecule has 2 aliphatic heterocycles. The maximum Gasteiger partial charge on any atom is 0.186 e. The maximum atomic E-state index is 5.78. The van der Waals surface area contributed by atoms with Crippen molar-refractivity contribution in [3.05, 3.63) is 10.6 Å². The van der Waals surface area contributed by atoms with Crippen molar-refractivity contribution < 1.29 is 4.74 Å².